The number of unbranched alkanes of at least 4 members (excludes halogenated alkanes) is 4. The van der Waals surface area contributed by atoms with E-state index in [-0.39, 0.29) is 67.8 Å². The quantitative estimate of drug-likeness (QED) is 0.388. The molecule has 0 aliphatic rings. The summed E-state index contributed by atoms with van der Waals surface area (Å²) in [7, 11) is -4.41. The molecule has 0 unspecified atom stereocenters. The Balaban J connectivity index is 0.00000338. The van der Waals surface area contributed by atoms with Crippen molar-refractivity contribution >= 4 is 10.1 Å². The molecule has 7 heteroatoms. The zero-order valence-electron chi connectivity index (χ0n) is 15.3. The minimum atomic E-state index is -4.41. The predicted octanol–water partition coefficient (Wildman–Crippen LogP) is 1.32. The SMILES string of the molecule is CCCCCCCc1cccc(S(=O)(=O)O)c1Oc1ccc([O-])cc1.[K+]. The Kier molecular flexibility index (Phi) is 10.4. The van der Waals surface area contributed by atoms with Gasteiger partial charge in [0, 0.05) is 0 Å². The summed E-state index contributed by atoms with van der Waals surface area (Å²) in [4.78, 5) is -0.259. The molecule has 2 aromatic carbocycles. The number of aryl methyl sites for hydroxylation is 1. The maximum absolute atomic E-state index is 11.7. The normalized spacial score (nSPS) is 11.0. The monoisotopic (exact) mass is 402 g/mol. The predicted molar refractivity (Wildman–Crippen MR) is 94.7 cm³/mol. The standard InChI is InChI=1S/C19H24O5S.K/c1-2-3-4-5-6-8-15-9-7-10-18(25(21,22)23)19(15)24-17-13-11-16(20)12-14-17;/h7,9-14,20H,2-6,8H2,1H3,(H,21,22,23);/q;+1/p-1. The summed E-state index contributed by atoms with van der Waals surface area (Å²) in [5.41, 5.74) is 0.720. The molecule has 0 fully saturated rings. The van der Waals surface area contributed by atoms with Gasteiger partial charge in [-0.2, -0.15) is 8.42 Å². The molecule has 136 valence electrons. The first-order chi connectivity index (χ1) is 11.9. The molecule has 0 spiro atoms. The van der Waals surface area contributed by atoms with Crippen LogP contribution in [0.2, 0.25) is 0 Å². The number of rotatable bonds is 9. The minimum Gasteiger partial charge on any atom is -0.872 e. The van der Waals surface area contributed by atoms with Crippen molar-refractivity contribution in [2.24, 2.45) is 0 Å². The van der Waals surface area contributed by atoms with Crippen LogP contribution in [0.1, 0.15) is 44.6 Å². The van der Waals surface area contributed by atoms with E-state index in [0.29, 0.717) is 12.2 Å². The van der Waals surface area contributed by atoms with E-state index < -0.39 is 10.1 Å². The summed E-state index contributed by atoms with van der Waals surface area (Å²) in [5.74, 6) is 0.314. The first-order valence-electron chi connectivity index (χ1n) is 8.46. The van der Waals surface area contributed by atoms with Gasteiger partial charge in [0.2, 0.25) is 0 Å². The Labute approximate surface area is 198 Å². The molecule has 26 heavy (non-hydrogen) atoms. The molecule has 0 aliphatic carbocycles. The molecule has 0 saturated heterocycles. The molecule has 0 aromatic heterocycles. The number of para-hydroxylation sites is 1. The van der Waals surface area contributed by atoms with Crippen LogP contribution < -0.4 is 61.2 Å². The van der Waals surface area contributed by atoms with Gasteiger partial charge in [-0.1, -0.05) is 56.9 Å². The van der Waals surface area contributed by atoms with Crippen molar-refractivity contribution in [2.45, 2.75) is 50.3 Å². The third kappa shape index (κ3) is 7.30. The van der Waals surface area contributed by atoms with Crippen LogP contribution in [0.25, 0.3) is 0 Å². The fraction of sp³-hybridized carbons (Fsp3) is 0.368. The molecular weight excluding hydrogens is 379 g/mol. The molecule has 2 aromatic rings. The maximum Gasteiger partial charge on any atom is 1.00 e. The Morgan fingerprint density at radius 1 is 1.00 bits per heavy atom. The fourth-order valence-electron chi connectivity index (χ4n) is 2.62. The van der Waals surface area contributed by atoms with E-state index in [1.54, 1.807) is 12.1 Å². The summed E-state index contributed by atoms with van der Waals surface area (Å²) >= 11 is 0. The van der Waals surface area contributed by atoms with E-state index >= 15 is 0 Å². The molecule has 2 rings (SSSR count). The summed E-state index contributed by atoms with van der Waals surface area (Å²) in [5, 5.41) is 11.2. The number of ether oxygens (including phenoxy) is 1. The zero-order valence-corrected chi connectivity index (χ0v) is 19.2. The largest absolute Gasteiger partial charge is 1.00 e. The molecule has 0 heterocycles. The Bertz CT molecular complexity index is 788. The third-order valence-electron chi connectivity index (χ3n) is 3.93. The van der Waals surface area contributed by atoms with Gasteiger partial charge in [0.15, 0.2) is 5.75 Å². The van der Waals surface area contributed by atoms with Crippen molar-refractivity contribution in [3.63, 3.8) is 0 Å². The van der Waals surface area contributed by atoms with E-state index in [9.17, 15) is 18.1 Å². The minimum absolute atomic E-state index is 0. The van der Waals surface area contributed by atoms with Crippen molar-refractivity contribution in [1.29, 1.82) is 0 Å². The molecule has 0 amide bonds. The maximum atomic E-state index is 11.7. The van der Waals surface area contributed by atoms with Gasteiger partial charge in [0.05, 0.1) is 0 Å². The van der Waals surface area contributed by atoms with E-state index in [1.807, 2.05) is 0 Å². The van der Waals surface area contributed by atoms with Crippen molar-refractivity contribution in [2.75, 3.05) is 0 Å². The second kappa shape index (κ2) is 11.4. The van der Waals surface area contributed by atoms with Gasteiger partial charge in [0.25, 0.3) is 10.1 Å². The topological polar surface area (TPSA) is 86.7 Å². The summed E-state index contributed by atoms with van der Waals surface area (Å²) < 4.78 is 38.6. The van der Waals surface area contributed by atoms with Crippen molar-refractivity contribution in [3.05, 3.63) is 48.0 Å². The van der Waals surface area contributed by atoms with Gasteiger partial charge in [-0.25, -0.2) is 0 Å². The van der Waals surface area contributed by atoms with E-state index in [1.165, 1.54) is 36.8 Å². The van der Waals surface area contributed by atoms with Crippen molar-refractivity contribution in [1.82, 2.24) is 0 Å². The van der Waals surface area contributed by atoms with E-state index in [4.69, 9.17) is 4.74 Å². The molecule has 5 nitrogen and oxygen atoms in total. The second-order valence-corrected chi connectivity index (χ2v) is 7.35. The van der Waals surface area contributed by atoms with Gasteiger partial charge in [-0.05, 0) is 36.6 Å². The smallest absolute Gasteiger partial charge is 0.872 e. The summed E-state index contributed by atoms with van der Waals surface area (Å²) in [6, 6.07) is 10.4. The average Bonchev–Trinajstić information content (AvgIpc) is 2.57. The molecule has 0 aliphatic heterocycles. The summed E-state index contributed by atoms with van der Waals surface area (Å²) in [6.07, 6.45) is 6.08. The van der Waals surface area contributed by atoms with Crippen LogP contribution >= 0.6 is 0 Å². The van der Waals surface area contributed by atoms with Crippen molar-refractivity contribution in [3.8, 4) is 17.2 Å². The van der Waals surface area contributed by atoms with Crippen LogP contribution in [0.5, 0.6) is 17.2 Å². The van der Waals surface area contributed by atoms with E-state index in [0.717, 1.165) is 31.2 Å². The number of hydrogen-bond acceptors (Lipinski definition) is 4. The Morgan fingerprint density at radius 2 is 1.65 bits per heavy atom. The van der Waals surface area contributed by atoms with Crippen LogP contribution in [0, 0.1) is 0 Å². The second-order valence-electron chi connectivity index (χ2n) is 5.96. The Morgan fingerprint density at radius 3 is 2.27 bits per heavy atom. The molecule has 0 saturated carbocycles. The van der Waals surface area contributed by atoms with Crippen LogP contribution in [-0.4, -0.2) is 13.0 Å². The van der Waals surface area contributed by atoms with Gasteiger partial charge in [0.1, 0.15) is 10.6 Å². The van der Waals surface area contributed by atoms with E-state index in [2.05, 4.69) is 6.92 Å². The van der Waals surface area contributed by atoms with Gasteiger partial charge >= 0.3 is 51.4 Å². The average molecular weight is 403 g/mol. The third-order valence-corrected chi connectivity index (χ3v) is 4.81. The van der Waals surface area contributed by atoms with Crippen LogP contribution in [0.3, 0.4) is 0 Å². The van der Waals surface area contributed by atoms with Crippen LogP contribution in [-0.2, 0) is 16.5 Å². The van der Waals surface area contributed by atoms with Crippen LogP contribution in [0.15, 0.2) is 47.4 Å². The van der Waals surface area contributed by atoms with Crippen LogP contribution in [0.4, 0.5) is 0 Å². The number of hydrogen-bond donors (Lipinski definition) is 1. The van der Waals surface area contributed by atoms with Crippen molar-refractivity contribution < 1.29 is 74.2 Å². The first kappa shape index (κ1) is 23.6. The first-order valence-corrected chi connectivity index (χ1v) is 9.90. The number of benzene rings is 2. The fourth-order valence-corrected chi connectivity index (χ4v) is 3.28. The molecule has 0 bridgehead atoms. The van der Waals surface area contributed by atoms with Gasteiger partial charge < -0.3 is 9.84 Å². The molecule has 1 N–H and O–H groups in total. The Hall–Kier alpha value is -0.414. The van der Waals surface area contributed by atoms with Gasteiger partial charge in [-0.15, -0.1) is 5.75 Å². The zero-order chi connectivity index (χ0) is 18.3. The molecule has 0 atom stereocenters. The molecular formula is C19H23KO5S. The molecule has 0 radical (unpaired) electrons. The summed E-state index contributed by atoms with van der Waals surface area (Å²) in [6.45, 7) is 2.15. The van der Waals surface area contributed by atoms with Gasteiger partial charge in [-0.3, -0.25) is 4.55 Å².